The second-order valence-electron chi connectivity index (χ2n) is 5.15. The standard InChI is InChI=1S/C17H13N5O2S2/c18-17(25)21-20-10-11-6-7-14(13(9-11)22(23)24)26-15-5-1-3-12-4-2-8-19-16(12)15/h1-10H,(H3,18,21,25)/b20-10+. The maximum atomic E-state index is 11.5. The van der Waals surface area contributed by atoms with E-state index in [0.29, 0.717) is 10.5 Å². The van der Waals surface area contributed by atoms with Crippen molar-refractivity contribution in [1.82, 2.24) is 10.4 Å². The Hall–Kier alpha value is -3.04. The van der Waals surface area contributed by atoms with Crippen molar-refractivity contribution in [1.29, 1.82) is 0 Å². The minimum atomic E-state index is -0.417. The van der Waals surface area contributed by atoms with E-state index in [0.717, 1.165) is 15.8 Å². The molecule has 0 aliphatic carbocycles. The van der Waals surface area contributed by atoms with Crippen LogP contribution < -0.4 is 11.2 Å². The first kappa shape index (κ1) is 17.8. The summed E-state index contributed by atoms with van der Waals surface area (Å²) in [5.41, 5.74) is 9.04. The second-order valence-corrected chi connectivity index (χ2v) is 6.68. The van der Waals surface area contributed by atoms with Gasteiger partial charge in [0.25, 0.3) is 5.69 Å². The summed E-state index contributed by atoms with van der Waals surface area (Å²) in [5, 5.41) is 16.3. The average molecular weight is 383 g/mol. The van der Waals surface area contributed by atoms with Crippen LogP contribution in [-0.2, 0) is 0 Å². The summed E-state index contributed by atoms with van der Waals surface area (Å²) in [7, 11) is 0. The maximum Gasteiger partial charge on any atom is 0.283 e. The molecule has 0 unspecified atom stereocenters. The molecule has 0 spiro atoms. The van der Waals surface area contributed by atoms with Crippen LogP contribution in [0.25, 0.3) is 10.9 Å². The third-order valence-electron chi connectivity index (χ3n) is 3.38. The van der Waals surface area contributed by atoms with Gasteiger partial charge >= 0.3 is 0 Å². The lowest BCUT2D eigenvalue weighted by Crippen LogP contribution is -2.23. The lowest BCUT2D eigenvalue weighted by atomic mass is 10.2. The molecule has 1 aromatic heterocycles. The van der Waals surface area contributed by atoms with Gasteiger partial charge in [0.1, 0.15) is 0 Å². The molecule has 0 atom stereocenters. The molecule has 0 saturated carbocycles. The number of nitrogens with one attached hydrogen (secondary N) is 1. The largest absolute Gasteiger partial charge is 0.375 e. The molecule has 1 heterocycles. The van der Waals surface area contributed by atoms with Crippen molar-refractivity contribution in [3.63, 3.8) is 0 Å². The van der Waals surface area contributed by atoms with Crippen molar-refractivity contribution in [2.75, 3.05) is 0 Å². The monoisotopic (exact) mass is 383 g/mol. The highest BCUT2D eigenvalue weighted by atomic mass is 32.2. The Morgan fingerprint density at radius 1 is 1.27 bits per heavy atom. The first-order chi connectivity index (χ1) is 12.5. The van der Waals surface area contributed by atoms with Crippen LogP contribution >= 0.6 is 24.0 Å². The van der Waals surface area contributed by atoms with Gasteiger partial charge in [-0.05, 0) is 30.4 Å². The number of hydrogen-bond acceptors (Lipinski definition) is 6. The van der Waals surface area contributed by atoms with Crippen molar-refractivity contribution in [2.24, 2.45) is 10.8 Å². The number of fused-ring (bicyclic) bond motifs is 1. The number of nitro groups is 1. The summed E-state index contributed by atoms with van der Waals surface area (Å²) < 4.78 is 0. The quantitative estimate of drug-likeness (QED) is 0.301. The third kappa shape index (κ3) is 4.13. The van der Waals surface area contributed by atoms with Crippen LogP contribution in [0, 0.1) is 10.1 Å². The Bertz CT molecular complexity index is 1020. The molecule has 0 bridgehead atoms. The summed E-state index contributed by atoms with van der Waals surface area (Å²) in [5.74, 6) is 0. The third-order valence-corrected chi connectivity index (χ3v) is 4.59. The topological polar surface area (TPSA) is 106 Å². The maximum absolute atomic E-state index is 11.5. The molecule has 26 heavy (non-hydrogen) atoms. The van der Waals surface area contributed by atoms with E-state index in [1.807, 2.05) is 30.3 Å². The molecule has 3 N–H and O–H groups in total. The van der Waals surface area contributed by atoms with Gasteiger partial charge < -0.3 is 5.73 Å². The molecule has 0 aliphatic heterocycles. The number of thiocarbonyl (C=S) groups is 1. The van der Waals surface area contributed by atoms with E-state index >= 15 is 0 Å². The highest BCUT2D eigenvalue weighted by Gasteiger charge is 2.16. The number of aromatic nitrogens is 1. The minimum Gasteiger partial charge on any atom is -0.375 e. The van der Waals surface area contributed by atoms with Crippen molar-refractivity contribution in [2.45, 2.75) is 9.79 Å². The van der Waals surface area contributed by atoms with Gasteiger partial charge in [-0.2, -0.15) is 5.10 Å². The van der Waals surface area contributed by atoms with Crippen LogP contribution in [0.3, 0.4) is 0 Å². The van der Waals surface area contributed by atoms with Crippen LogP contribution in [-0.4, -0.2) is 21.2 Å². The highest BCUT2D eigenvalue weighted by Crippen LogP contribution is 2.37. The zero-order valence-corrected chi connectivity index (χ0v) is 15.0. The molecule has 7 nitrogen and oxygen atoms in total. The van der Waals surface area contributed by atoms with Gasteiger partial charge in [-0.1, -0.05) is 36.0 Å². The lowest BCUT2D eigenvalue weighted by Gasteiger charge is -2.06. The van der Waals surface area contributed by atoms with Gasteiger partial charge in [0.15, 0.2) is 5.11 Å². The molecule has 3 aromatic rings. The van der Waals surface area contributed by atoms with E-state index in [2.05, 4.69) is 27.7 Å². The van der Waals surface area contributed by atoms with Crippen molar-refractivity contribution >= 4 is 51.9 Å². The predicted octanol–water partition coefficient (Wildman–Crippen LogP) is 3.46. The zero-order valence-electron chi connectivity index (χ0n) is 13.3. The zero-order chi connectivity index (χ0) is 18.5. The molecule has 3 rings (SSSR count). The van der Waals surface area contributed by atoms with Gasteiger partial charge in [-0.15, -0.1) is 0 Å². The van der Waals surface area contributed by atoms with E-state index in [4.69, 9.17) is 5.73 Å². The number of hydrogen-bond donors (Lipinski definition) is 2. The summed E-state index contributed by atoms with van der Waals surface area (Å²) in [6, 6.07) is 14.4. The molecular weight excluding hydrogens is 370 g/mol. The highest BCUT2D eigenvalue weighted by molar-refractivity contribution is 7.99. The Balaban J connectivity index is 1.95. The number of rotatable bonds is 5. The van der Waals surface area contributed by atoms with Gasteiger partial charge in [-0.25, -0.2) is 0 Å². The van der Waals surface area contributed by atoms with E-state index in [1.54, 1.807) is 18.3 Å². The number of para-hydroxylation sites is 1. The smallest absolute Gasteiger partial charge is 0.283 e. The van der Waals surface area contributed by atoms with Gasteiger partial charge in [-0.3, -0.25) is 20.5 Å². The molecule has 9 heteroatoms. The van der Waals surface area contributed by atoms with Crippen molar-refractivity contribution < 1.29 is 4.92 Å². The predicted molar refractivity (Wildman–Crippen MR) is 106 cm³/mol. The first-order valence-corrected chi connectivity index (χ1v) is 8.65. The van der Waals surface area contributed by atoms with Crippen LogP contribution in [0.2, 0.25) is 0 Å². The number of nitrogens with zero attached hydrogens (tertiary/aromatic N) is 3. The molecule has 0 fully saturated rings. The molecule has 0 radical (unpaired) electrons. The van der Waals surface area contributed by atoms with Crippen LogP contribution in [0.1, 0.15) is 5.56 Å². The van der Waals surface area contributed by atoms with Gasteiger partial charge in [0.2, 0.25) is 0 Å². The normalized spacial score (nSPS) is 10.9. The fraction of sp³-hybridized carbons (Fsp3) is 0. The minimum absolute atomic E-state index is 0.0118. The fourth-order valence-corrected chi connectivity index (χ4v) is 3.37. The van der Waals surface area contributed by atoms with Crippen LogP contribution in [0.15, 0.2) is 69.6 Å². The Morgan fingerprint density at radius 3 is 2.85 bits per heavy atom. The molecule has 0 amide bonds. The van der Waals surface area contributed by atoms with Gasteiger partial charge in [0, 0.05) is 28.1 Å². The summed E-state index contributed by atoms with van der Waals surface area (Å²) in [6.07, 6.45) is 3.12. The number of hydrazone groups is 1. The van der Waals surface area contributed by atoms with Crippen molar-refractivity contribution in [3.8, 4) is 0 Å². The molecule has 0 aliphatic rings. The van der Waals surface area contributed by atoms with E-state index < -0.39 is 4.92 Å². The van der Waals surface area contributed by atoms with E-state index in [-0.39, 0.29) is 10.8 Å². The molecule has 130 valence electrons. The lowest BCUT2D eigenvalue weighted by molar-refractivity contribution is -0.387. The molecular formula is C17H13N5O2S2. The average Bonchev–Trinajstić information content (AvgIpc) is 2.62. The Morgan fingerprint density at radius 2 is 2.08 bits per heavy atom. The van der Waals surface area contributed by atoms with E-state index in [9.17, 15) is 10.1 Å². The second kappa shape index (κ2) is 7.89. The van der Waals surface area contributed by atoms with Gasteiger partial charge in [0.05, 0.1) is 21.6 Å². The fourth-order valence-electron chi connectivity index (χ4n) is 2.29. The van der Waals surface area contributed by atoms with E-state index in [1.165, 1.54) is 24.0 Å². The number of nitro benzene ring substituents is 1. The summed E-state index contributed by atoms with van der Waals surface area (Å²) in [4.78, 5) is 16.8. The number of nitrogens with two attached hydrogens (primary N) is 1. The first-order valence-electron chi connectivity index (χ1n) is 7.43. The molecule has 0 saturated heterocycles. The van der Waals surface area contributed by atoms with Crippen molar-refractivity contribution in [3.05, 3.63) is 70.4 Å². The SMILES string of the molecule is NC(=S)N/N=C/c1ccc(Sc2cccc3cccnc23)c([N+](=O)[O-])c1. The van der Waals surface area contributed by atoms with Crippen LogP contribution in [0.4, 0.5) is 5.69 Å². The Labute approximate surface area is 158 Å². The summed E-state index contributed by atoms with van der Waals surface area (Å²) >= 11 is 5.95. The number of benzene rings is 2. The Kier molecular flexibility index (Phi) is 5.40. The molecule has 2 aromatic carbocycles. The van der Waals surface area contributed by atoms with Crippen LogP contribution in [0.5, 0.6) is 0 Å². The number of pyridine rings is 1. The summed E-state index contributed by atoms with van der Waals surface area (Å²) in [6.45, 7) is 0.